The maximum absolute atomic E-state index is 12.0. The minimum absolute atomic E-state index is 0.0613. The predicted molar refractivity (Wildman–Crippen MR) is 64.4 cm³/mol. The zero-order valence-electron chi connectivity index (χ0n) is 10.7. The molecule has 0 bridgehead atoms. The maximum Gasteiger partial charge on any atom is 0.307 e. The number of hydrogen-bond acceptors (Lipinski definition) is 3. The van der Waals surface area contributed by atoms with Gasteiger partial charge < -0.3 is 16.2 Å². The van der Waals surface area contributed by atoms with E-state index in [0.717, 1.165) is 0 Å². The minimum atomic E-state index is -0.929. The summed E-state index contributed by atoms with van der Waals surface area (Å²) in [5, 5.41) is 11.7. The fraction of sp³-hybridized carbons (Fsp3) is 0.750. The summed E-state index contributed by atoms with van der Waals surface area (Å²) < 4.78 is 0. The average Bonchev–Trinajstić information content (AvgIpc) is 2.58. The fourth-order valence-electron chi connectivity index (χ4n) is 2.56. The van der Waals surface area contributed by atoms with E-state index in [2.05, 4.69) is 5.32 Å². The lowest BCUT2D eigenvalue weighted by atomic mass is 9.95. The molecule has 0 saturated heterocycles. The number of carboxylic acid groups (broad SMARTS) is 1. The molecule has 1 saturated carbocycles. The van der Waals surface area contributed by atoms with Gasteiger partial charge >= 0.3 is 5.97 Å². The van der Waals surface area contributed by atoms with Gasteiger partial charge in [-0.1, -0.05) is 6.92 Å². The molecule has 18 heavy (non-hydrogen) atoms. The molecule has 1 aliphatic rings. The highest BCUT2D eigenvalue weighted by molar-refractivity contribution is 5.86. The molecule has 4 atom stereocenters. The third-order valence-corrected chi connectivity index (χ3v) is 3.35. The van der Waals surface area contributed by atoms with Gasteiger partial charge in [0.1, 0.15) is 0 Å². The fourth-order valence-corrected chi connectivity index (χ4v) is 2.56. The number of carboxylic acids is 1. The highest BCUT2D eigenvalue weighted by atomic mass is 16.4. The van der Waals surface area contributed by atoms with E-state index >= 15 is 0 Å². The van der Waals surface area contributed by atoms with Crippen LogP contribution in [0.15, 0.2) is 0 Å². The summed E-state index contributed by atoms with van der Waals surface area (Å²) >= 11 is 0. The van der Waals surface area contributed by atoms with Crippen LogP contribution in [0.5, 0.6) is 0 Å². The first-order valence-electron chi connectivity index (χ1n) is 6.12. The van der Waals surface area contributed by atoms with Crippen LogP contribution in [-0.2, 0) is 14.4 Å². The van der Waals surface area contributed by atoms with E-state index < -0.39 is 23.7 Å². The summed E-state index contributed by atoms with van der Waals surface area (Å²) in [6.45, 7) is 3.62. The van der Waals surface area contributed by atoms with Crippen molar-refractivity contribution >= 4 is 17.8 Å². The Hall–Kier alpha value is -1.59. The molecule has 0 aromatic rings. The van der Waals surface area contributed by atoms with E-state index in [1.807, 2.05) is 6.92 Å². The summed E-state index contributed by atoms with van der Waals surface area (Å²) in [5.74, 6) is -2.61. The molecule has 0 radical (unpaired) electrons. The third kappa shape index (κ3) is 3.72. The molecule has 0 aliphatic heterocycles. The van der Waals surface area contributed by atoms with Crippen LogP contribution in [-0.4, -0.2) is 28.9 Å². The zero-order valence-corrected chi connectivity index (χ0v) is 10.7. The van der Waals surface area contributed by atoms with Gasteiger partial charge in [-0.25, -0.2) is 0 Å². The minimum Gasteiger partial charge on any atom is -0.481 e. The second-order valence-corrected chi connectivity index (χ2v) is 5.21. The third-order valence-electron chi connectivity index (χ3n) is 3.35. The number of rotatable bonds is 5. The standard InChI is InChI=1S/C12H20N2O4/c1-6-3-8(9(4-6)12(17)18)11(16)14-7(2)5-10(13)15/h6-9H,3-5H2,1-2H3,(H2,13,15)(H,14,16)(H,17,18)/t6?,7?,8-,9+/m0/s1. The Morgan fingerprint density at radius 1 is 1.33 bits per heavy atom. The molecule has 2 amide bonds. The number of amides is 2. The van der Waals surface area contributed by atoms with Crippen molar-refractivity contribution < 1.29 is 19.5 Å². The van der Waals surface area contributed by atoms with Crippen LogP contribution in [0.25, 0.3) is 0 Å². The van der Waals surface area contributed by atoms with Gasteiger partial charge in [-0.3, -0.25) is 14.4 Å². The lowest BCUT2D eigenvalue weighted by molar-refractivity contribution is -0.146. The zero-order chi connectivity index (χ0) is 13.9. The molecule has 0 spiro atoms. The molecule has 0 aromatic carbocycles. The van der Waals surface area contributed by atoms with Crippen molar-refractivity contribution in [1.82, 2.24) is 5.32 Å². The first kappa shape index (κ1) is 14.5. The van der Waals surface area contributed by atoms with Crippen LogP contribution < -0.4 is 11.1 Å². The lowest BCUT2D eigenvalue weighted by Crippen LogP contribution is -2.41. The van der Waals surface area contributed by atoms with Crippen LogP contribution in [0.4, 0.5) is 0 Å². The van der Waals surface area contributed by atoms with Gasteiger partial charge in [0.25, 0.3) is 0 Å². The number of carbonyl (C=O) groups is 3. The van der Waals surface area contributed by atoms with E-state index in [1.54, 1.807) is 6.92 Å². The van der Waals surface area contributed by atoms with Crippen molar-refractivity contribution in [3.63, 3.8) is 0 Å². The Morgan fingerprint density at radius 2 is 1.89 bits per heavy atom. The number of nitrogens with two attached hydrogens (primary N) is 1. The predicted octanol–water partition coefficient (Wildman–Crippen LogP) is 0.113. The monoisotopic (exact) mass is 256 g/mol. The van der Waals surface area contributed by atoms with E-state index in [4.69, 9.17) is 10.8 Å². The van der Waals surface area contributed by atoms with Crippen LogP contribution in [0.1, 0.15) is 33.1 Å². The summed E-state index contributed by atoms with van der Waals surface area (Å²) in [6, 6.07) is -0.361. The normalized spacial score (nSPS) is 28.7. The quantitative estimate of drug-likeness (QED) is 0.648. The van der Waals surface area contributed by atoms with Crippen molar-refractivity contribution in [3.8, 4) is 0 Å². The molecule has 4 N–H and O–H groups in total. The second kappa shape index (κ2) is 5.84. The largest absolute Gasteiger partial charge is 0.481 e. The maximum atomic E-state index is 12.0. The van der Waals surface area contributed by atoms with Crippen molar-refractivity contribution in [2.24, 2.45) is 23.5 Å². The molecule has 2 unspecified atom stereocenters. The molecular formula is C12H20N2O4. The molecule has 1 rings (SSSR count). The highest BCUT2D eigenvalue weighted by Gasteiger charge is 2.41. The van der Waals surface area contributed by atoms with E-state index in [0.29, 0.717) is 12.8 Å². The smallest absolute Gasteiger partial charge is 0.307 e. The Morgan fingerprint density at radius 3 is 2.39 bits per heavy atom. The SMILES string of the molecule is CC1C[C@H](C(=O)NC(C)CC(N)=O)[C@H](C(=O)O)C1. The molecule has 102 valence electrons. The van der Waals surface area contributed by atoms with Crippen LogP contribution in [0.2, 0.25) is 0 Å². The molecule has 1 aliphatic carbocycles. The Labute approximate surface area is 106 Å². The van der Waals surface area contributed by atoms with Crippen LogP contribution >= 0.6 is 0 Å². The number of aliphatic carboxylic acids is 1. The molecule has 1 fully saturated rings. The number of primary amides is 1. The van der Waals surface area contributed by atoms with Crippen LogP contribution in [0, 0.1) is 17.8 Å². The van der Waals surface area contributed by atoms with Gasteiger partial charge in [0.05, 0.1) is 11.8 Å². The Bertz CT molecular complexity index is 356. The molecule has 0 aromatic heterocycles. The van der Waals surface area contributed by atoms with Gasteiger partial charge in [0.2, 0.25) is 11.8 Å². The van der Waals surface area contributed by atoms with Gasteiger partial charge in [0, 0.05) is 12.5 Å². The topological polar surface area (TPSA) is 109 Å². The van der Waals surface area contributed by atoms with Gasteiger partial charge in [-0.05, 0) is 25.7 Å². The van der Waals surface area contributed by atoms with Gasteiger partial charge in [-0.15, -0.1) is 0 Å². The van der Waals surface area contributed by atoms with Gasteiger partial charge in [0.15, 0.2) is 0 Å². The number of nitrogens with one attached hydrogen (secondary N) is 1. The lowest BCUT2D eigenvalue weighted by Gasteiger charge is -2.18. The van der Waals surface area contributed by atoms with Crippen molar-refractivity contribution in [1.29, 1.82) is 0 Å². The average molecular weight is 256 g/mol. The van der Waals surface area contributed by atoms with E-state index in [9.17, 15) is 14.4 Å². The Kier molecular flexibility index (Phi) is 4.69. The number of hydrogen-bond donors (Lipinski definition) is 3. The first-order chi connectivity index (χ1) is 8.31. The van der Waals surface area contributed by atoms with Crippen molar-refractivity contribution in [2.45, 2.75) is 39.2 Å². The summed E-state index contributed by atoms with van der Waals surface area (Å²) in [7, 11) is 0. The molecular weight excluding hydrogens is 236 g/mol. The number of carbonyl (C=O) groups excluding carboxylic acids is 2. The Balaban J connectivity index is 2.60. The van der Waals surface area contributed by atoms with Crippen molar-refractivity contribution in [2.75, 3.05) is 0 Å². The van der Waals surface area contributed by atoms with Gasteiger partial charge in [-0.2, -0.15) is 0 Å². The van der Waals surface area contributed by atoms with E-state index in [1.165, 1.54) is 0 Å². The second-order valence-electron chi connectivity index (χ2n) is 5.21. The summed E-state index contributed by atoms with van der Waals surface area (Å²) in [6.07, 6.45) is 1.16. The summed E-state index contributed by atoms with van der Waals surface area (Å²) in [4.78, 5) is 33.8. The summed E-state index contributed by atoms with van der Waals surface area (Å²) in [5.41, 5.74) is 5.04. The molecule has 6 nitrogen and oxygen atoms in total. The first-order valence-corrected chi connectivity index (χ1v) is 6.12. The van der Waals surface area contributed by atoms with E-state index in [-0.39, 0.29) is 24.3 Å². The van der Waals surface area contributed by atoms with Crippen LogP contribution in [0.3, 0.4) is 0 Å². The molecule has 0 heterocycles. The van der Waals surface area contributed by atoms with Crippen molar-refractivity contribution in [3.05, 3.63) is 0 Å². The molecule has 6 heteroatoms. The highest BCUT2D eigenvalue weighted by Crippen LogP contribution is 2.36.